The molecule has 0 spiro atoms. The van der Waals surface area contributed by atoms with Crippen LogP contribution in [-0.4, -0.2) is 29.8 Å². The van der Waals surface area contributed by atoms with Gasteiger partial charge >= 0.3 is 6.18 Å². The third-order valence-corrected chi connectivity index (χ3v) is 2.54. The van der Waals surface area contributed by atoms with Crippen LogP contribution in [0.3, 0.4) is 0 Å². The summed E-state index contributed by atoms with van der Waals surface area (Å²) in [6, 6.07) is 0. The summed E-state index contributed by atoms with van der Waals surface area (Å²) in [5, 5.41) is 2.91. The highest BCUT2D eigenvalue weighted by Gasteiger charge is 2.26. The van der Waals surface area contributed by atoms with E-state index in [1.807, 2.05) is 6.92 Å². The maximum atomic E-state index is 12.0. The third kappa shape index (κ3) is 4.92. The van der Waals surface area contributed by atoms with Crippen LogP contribution in [0.15, 0.2) is 0 Å². The average Bonchev–Trinajstić information content (AvgIpc) is 2.35. The maximum absolute atomic E-state index is 12.0. The summed E-state index contributed by atoms with van der Waals surface area (Å²) < 4.78 is 41.3. The van der Waals surface area contributed by atoms with Crippen molar-refractivity contribution in [3.8, 4) is 5.88 Å². The van der Waals surface area contributed by atoms with Gasteiger partial charge in [-0.05, 0) is 13.3 Å². The fraction of sp³-hybridized carbons (Fsp3) is 0.667. The molecule has 0 aliphatic rings. The molecule has 0 atom stereocenters. The van der Waals surface area contributed by atoms with Crippen molar-refractivity contribution >= 4 is 5.82 Å². The Kier molecular flexibility index (Phi) is 5.38. The lowest BCUT2D eigenvalue weighted by molar-refractivity contribution is -0.136. The predicted octanol–water partition coefficient (Wildman–Crippen LogP) is 3.11. The second-order valence-corrected chi connectivity index (χ2v) is 4.09. The Bertz CT molecular complexity index is 421. The second-order valence-electron chi connectivity index (χ2n) is 4.09. The number of nitrogens with zero attached hydrogens (tertiary/aromatic N) is 2. The first kappa shape index (κ1) is 15.5. The Morgan fingerprint density at radius 2 is 1.95 bits per heavy atom. The van der Waals surface area contributed by atoms with E-state index in [4.69, 9.17) is 4.74 Å². The molecule has 1 aromatic heterocycles. The number of alkyl halides is 3. The molecule has 1 N–H and O–H groups in total. The van der Waals surface area contributed by atoms with Gasteiger partial charge in [0.2, 0.25) is 5.88 Å². The van der Waals surface area contributed by atoms with Crippen LogP contribution in [0.5, 0.6) is 5.88 Å². The van der Waals surface area contributed by atoms with Crippen LogP contribution < -0.4 is 10.1 Å². The summed E-state index contributed by atoms with van der Waals surface area (Å²) in [5.41, 5.74) is 0.701. The number of halogens is 3. The highest BCUT2D eigenvalue weighted by molar-refractivity contribution is 5.48. The molecule has 1 heterocycles. The molecule has 0 amide bonds. The largest absolute Gasteiger partial charge is 0.477 e. The zero-order valence-corrected chi connectivity index (χ0v) is 11.3. The van der Waals surface area contributed by atoms with Crippen molar-refractivity contribution in [2.24, 2.45) is 0 Å². The molecule has 4 nitrogen and oxygen atoms in total. The summed E-state index contributed by atoms with van der Waals surface area (Å²) >= 11 is 0. The van der Waals surface area contributed by atoms with E-state index in [0.717, 1.165) is 0 Å². The monoisotopic (exact) mass is 277 g/mol. The fourth-order valence-corrected chi connectivity index (χ4v) is 1.52. The first-order valence-electron chi connectivity index (χ1n) is 6.12. The van der Waals surface area contributed by atoms with Crippen LogP contribution in [0.2, 0.25) is 0 Å². The van der Waals surface area contributed by atoms with Gasteiger partial charge in [-0.3, -0.25) is 0 Å². The maximum Gasteiger partial charge on any atom is 0.389 e. The lowest BCUT2D eigenvalue weighted by Crippen LogP contribution is -2.11. The molecule has 1 rings (SSSR count). The number of rotatable bonds is 6. The summed E-state index contributed by atoms with van der Waals surface area (Å²) in [7, 11) is 1.72. The molecule has 0 unspecified atom stereocenters. The van der Waals surface area contributed by atoms with Crippen LogP contribution in [0.4, 0.5) is 19.0 Å². The smallest absolute Gasteiger partial charge is 0.389 e. The molecule has 0 aliphatic carbocycles. The molecule has 0 saturated carbocycles. The minimum atomic E-state index is -4.14. The van der Waals surface area contributed by atoms with Gasteiger partial charge in [-0.2, -0.15) is 18.2 Å². The quantitative estimate of drug-likeness (QED) is 0.812. The fourth-order valence-electron chi connectivity index (χ4n) is 1.52. The highest BCUT2D eigenvalue weighted by atomic mass is 19.4. The minimum Gasteiger partial charge on any atom is -0.477 e. The van der Waals surface area contributed by atoms with Crippen LogP contribution in [-0.2, 0) is 6.42 Å². The molecule has 1 aromatic rings. The van der Waals surface area contributed by atoms with Gasteiger partial charge in [0.1, 0.15) is 11.6 Å². The Balaban J connectivity index is 2.67. The van der Waals surface area contributed by atoms with Crippen LogP contribution in [0.25, 0.3) is 0 Å². The van der Waals surface area contributed by atoms with E-state index in [0.29, 0.717) is 29.5 Å². The van der Waals surface area contributed by atoms with Gasteiger partial charge in [0.15, 0.2) is 0 Å². The lowest BCUT2D eigenvalue weighted by atomic mass is 10.3. The number of aryl methyl sites for hydroxylation is 1. The van der Waals surface area contributed by atoms with Gasteiger partial charge in [-0.25, -0.2) is 4.98 Å². The highest BCUT2D eigenvalue weighted by Crippen LogP contribution is 2.24. The van der Waals surface area contributed by atoms with Gasteiger partial charge in [0.05, 0.1) is 12.2 Å². The predicted molar refractivity (Wildman–Crippen MR) is 66.5 cm³/mol. The molecular formula is C12H18F3N3O. The van der Waals surface area contributed by atoms with E-state index in [9.17, 15) is 13.2 Å². The molecule has 0 aliphatic heterocycles. The molecule has 0 bridgehead atoms. The zero-order chi connectivity index (χ0) is 14.5. The topological polar surface area (TPSA) is 47.0 Å². The Morgan fingerprint density at radius 1 is 1.26 bits per heavy atom. The van der Waals surface area contributed by atoms with Crippen molar-refractivity contribution in [1.82, 2.24) is 9.97 Å². The number of anilines is 1. The zero-order valence-electron chi connectivity index (χ0n) is 11.3. The van der Waals surface area contributed by atoms with Crippen LogP contribution >= 0.6 is 0 Å². The molecule has 19 heavy (non-hydrogen) atoms. The van der Waals surface area contributed by atoms with E-state index in [2.05, 4.69) is 15.3 Å². The first-order valence-corrected chi connectivity index (χ1v) is 6.12. The Morgan fingerprint density at radius 3 is 2.47 bits per heavy atom. The lowest BCUT2D eigenvalue weighted by Gasteiger charge is -2.13. The van der Waals surface area contributed by atoms with Crippen LogP contribution in [0.1, 0.15) is 31.2 Å². The number of aromatic nitrogens is 2. The van der Waals surface area contributed by atoms with Crippen molar-refractivity contribution in [3.05, 3.63) is 11.4 Å². The molecular weight excluding hydrogens is 259 g/mol. The van der Waals surface area contributed by atoms with E-state index >= 15 is 0 Å². The van der Waals surface area contributed by atoms with Crippen molar-refractivity contribution in [2.45, 2.75) is 39.3 Å². The minimum absolute atomic E-state index is 0.0102. The summed E-state index contributed by atoms with van der Waals surface area (Å²) in [4.78, 5) is 8.43. The summed E-state index contributed by atoms with van der Waals surface area (Å²) in [6.45, 7) is 3.66. The molecule has 0 aromatic carbocycles. The SMILES string of the molecule is CCc1nc(NC)c(C)c(OCCCC(F)(F)F)n1. The van der Waals surface area contributed by atoms with Crippen LogP contribution in [0, 0.1) is 6.92 Å². The van der Waals surface area contributed by atoms with Crippen molar-refractivity contribution in [1.29, 1.82) is 0 Å². The molecule has 0 fully saturated rings. The Labute approximate surface area is 110 Å². The van der Waals surface area contributed by atoms with Crippen molar-refractivity contribution in [3.63, 3.8) is 0 Å². The standard InChI is InChI=1S/C12H18F3N3O/c1-4-9-17-10(16-3)8(2)11(18-9)19-7-5-6-12(13,14)15/h4-7H2,1-3H3,(H,16,17,18). The summed E-state index contributed by atoms with van der Waals surface area (Å²) in [6.07, 6.45) is -4.44. The van der Waals surface area contributed by atoms with E-state index in [1.165, 1.54) is 0 Å². The van der Waals surface area contributed by atoms with E-state index in [-0.39, 0.29) is 13.0 Å². The van der Waals surface area contributed by atoms with Gasteiger partial charge in [0.25, 0.3) is 0 Å². The van der Waals surface area contributed by atoms with Gasteiger partial charge in [-0.1, -0.05) is 6.92 Å². The van der Waals surface area contributed by atoms with Gasteiger partial charge in [-0.15, -0.1) is 0 Å². The average molecular weight is 277 g/mol. The molecule has 108 valence electrons. The number of ether oxygens (including phenoxy) is 1. The van der Waals surface area contributed by atoms with E-state index in [1.54, 1.807) is 14.0 Å². The molecule has 7 heteroatoms. The van der Waals surface area contributed by atoms with Crippen molar-refractivity contribution in [2.75, 3.05) is 19.0 Å². The van der Waals surface area contributed by atoms with Crippen molar-refractivity contribution < 1.29 is 17.9 Å². The van der Waals surface area contributed by atoms with E-state index < -0.39 is 12.6 Å². The number of hydrogen-bond donors (Lipinski definition) is 1. The van der Waals surface area contributed by atoms with Gasteiger partial charge < -0.3 is 10.1 Å². The normalized spacial score (nSPS) is 11.5. The Hall–Kier alpha value is -1.53. The number of hydrogen-bond acceptors (Lipinski definition) is 4. The number of nitrogens with one attached hydrogen (secondary N) is 1. The third-order valence-electron chi connectivity index (χ3n) is 2.54. The molecule has 0 saturated heterocycles. The van der Waals surface area contributed by atoms with Gasteiger partial charge in [0, 0.05) is 19.9 Å². The first-order chi connectivity index (χ1) is 8.87. The summed E-state index contributed by atoms with van der Waals surface area (Å²) in [5.74, 6) is 1.58. The molecule has 0 radical (unpaired) electrons. The second kappa shape index (κ2) is 6.58.